The van der Waals surface area contributed by atoms with Crippen LogP contribution in [0.5, 0.6) is 6.01 Å². The van der Waals surface area contributed by atoms with Crippen LogP contribution in [0.3, 0.4) is 0 Å². The van der Waals surface area contributed by atoms with Crippen molar-refractivity contribution < 1.29 is 9.53 Å². The SMILES string of the molecule is CNC(=O)Nc1ccnc(OC)n1. The van der Waals surface area contributed by atoms with Gasteiger partial charge in [0.05, 0.1) is 7.11 Å². The van der Waals surface area contributed by atoms with E-state index in [1.165, 1.54) is 20.4 Å². The molecule has 70 valence electrons. The fourth-order valence-corrected chi connectivity index (χ4v) is 0.688. The predicted octanol–water partition coefficient (Wildman–Crippen LogP) is 0.236. The molecular formula is C7H10N4O2. The molecule has 6 nitrogen and oxygen atoms in total. The molecule has 1 aromatic heterocycles. The first-order valence-corrected chi connectivity index (χ1v) is 3.62. The summed E-state index contributed by atoms with van der Waals surface area (Å²) in [7, 11) is 2.98. The highest BCUT2D eigenvalue weighted by Gasteiger charge is 2.01. The molecule has 0 spiro atoms. The zero-order valence-corrected chi connectivity index (χ0v) is 7.37. The highest BCUT2D eigenvalue weighted by atomic mass is 16.5. The summed E-state index contributed by atoms with van der Waals surface area (Å²) < 4.78 is 4.78. The smallest absolute Gasteiger partial charge is 0.320 e. The quantitative estimate of drug-likeness (QED) is 0.686. The largest absolute Gasteiger partial charge is 0.467 e. The van der Waals surface area contributed by atoms with E-state index in [1.807, 2.05) is 0 Å². The predicted molar refractivity (Wildman–Crippen MR) is 46.7 cm³/mol. The van der Waals surface area contributed by atoms with Gasteiger partial charge < -0.3 is 10.1 Å². The Morgan fingerprint density at radius 2 is 2.38 bits per heavy atom. The molecular weight excluding hydrogens is 172 g/mol. The van der Waals surface area contributed by atoms with Crippen LogP contribution in [0.1, 0.15) is 0 Å². The molecule has 2 N–H and O–H groups in total. The first-order chi connectivity index (χ1) is 6.26. The number of amides is 2. The normalized spacial score (nSPS) is 9.08. The second kappa shape index (κ2) is 4.24. The van der Waals surface area contributed by atoms with E-state index in [1.54, 1.807) is 6.07 Å². The van der Waals surface area contributed by atoms with Crippen molar-refractivity contribution in [1.82, 2.24) is 15.3 Å². The van der Waals surface area contributed by atoms with Gasteiger partial charge in [0.15, 0.2) is 0 Å². The van der Waals surface area contributed by atoms with Crippen molar-refractivity contribution in [2.24, 2.45) is 0 Å². The van der Waals surface area contributed by atoms with Crippen LogP contribution in [0.25, 0.3) is 0 Å². The van der Waals surface area contributed by atoms with E-state index in [9.17, 15) is 4.79 Å². The minimum Gasteiger partial charge on any atom is -0.467 e. The number of aromatic nitrogens is 2. The lowest BCUT2D eigenvalue weighted by Crippen LogP contribution is -2.25. The molecule has 0 radical (unpaired) electrons. The molecule has 0 saturated heterocycles. The highest BCUT2D eigenvalue weighted by Crippen LogP contribution is 2.05. The maximum atomic E-state index is 10.9. The number of nitrogens with one attached hydrogen (secondary N) is 2. The summed E-state index contributed by atoms with van der Waals surface area (Å²) in [5.41, 5.74) is 0. The third-order valence-electron chi connectivity index (χ3n) is 1.28. The number of carbonyl (C=O) groups is 1. The summed E-state index contributed by atoms with van der Waals surface area (Å²) in [4.78, 5) is 18.5. The molecule has 1 rings (SSSR count). The lowest BCUT2D eigenvalue weighted by atomic mass is 10.6. The van der Waals surface area contributed by atoms with Crippen LogP contribution in [0, 0.1) is 0 Å². The molecule has 0 aliphatic heterocycles. The number of ether oxygens (including phenoxy) is 1. The summed E-state index contributed by atoms with van der Waals surface area (Å²) >= 11 is 0. The van der Waals surface area contributed by atoms with Gasteiger partial charge in [-0.15, -0.1) is 0 Å². The summed E-state index contributed by atoms with van der Waals surface area (Å²) in [6.45, 7) is 0. The topological polar surface area (TPSA) is 76.1 Å². The number of methoxy groups -OCH3 is 1. The Balaban J connectivity index is 2.71. The Morgan fingerprint density at radius 3 is 3.00 bits per heavy atom. The van der Waals surface area contributed by atoms with Gasteiger partial charge in [-0.25, -0.2) is 9.78 Å². The lowest BCUT2D eigenvalue weighted by Gasteiger charge is -2.03. The fourth-order valence-electron chi connectivity index (χ4n) is 0.688. The Bertz CT molecular complexity index is 302. The van der Waals surface area contributed by atoms with Gasteiger partial charge >= 0.3 is 12.0 Å². The van der Waals surface area contributed by atoms with Gasteiger partial charge in [0.1, 0.15) is 5.82 Å². The molecule has 0 aliphatic rings. The van der Waals surface area contributed by atoms with Crippen LogP contribution >= 0.6 is 0 Å². The third-order valence-corrected chi connectivity index (χ3v) is 1.28. The van der Waals surface area contributed by atoms with Gasteiger partial charge in [0, 0.05) is 13.2 Å². The van der Waals surface area contributed by atoms with Crippen molar-refractivity contribution in [2.45, 2.75) is 0 Å². The van der Waals surface area contributed by atoms with Crippen LogP contribution in [0.15, 0.2) is 12.3 Å². The number of hydrogen-bond donors (Lipinski definition) is 2. The minimum absolute atomic E-state index is 0.217. The minimum atomic E-state index is -0.333. The van der Waals surface area contributed by atoms with Crippen LogP contribution in [-0.4, -0.2) is 30.2 Å². The van der Waals surface area contributed by atoms with Gasteiger partial charge in [0.2, 0.25) is 0 Å². The van der Waals surface area contributed by atoms with Crippen molar-refractivity contribution in [3.05, 3.63) is 12.3 Å². The Labute approximate surface area is 75.3 Å². The van der Waals surface area contributed by atoms with Crippen LogP contribution in [0.4, 0.5) is 10.6 Å². The van der Waals surface area contributed by atoms with Crippen molar-refractivity contribution in [1.29, 1.82) is 0 Å². The molecule has 1 heterocycles. The van der Waals surface area contributed by atoms with Gasteiger partial charge in [-0.2, -0.15) is 4.98 Å². The second-order valence-corrected chi connectivity index (χ2v) is 2.13. The average molecular weight is 182 g/mol. The van der Waals surface area contributed by atoms with E-state index in [2.05, 4.69) is 20.6 Å². The van der Waals surface area contributed by atoms with Crippen LogP contribution in [0.2, 0.25) is 0 Å². The molecule has 0 aliphatic carbocycles. The molecule has 0 saturated carbocycles. The van der Waals surface area contributed by atoms with Gasteiger partial charge in [0.25, 0.3) is 0 Å². The van der Waals surface area contributed by atoms with E-state index in [-0.39, 0.29) is 12.0 Å². The van der Waals surface area contributed by atoms with Crippen molar-refractivity contribution in [2.75, 3.05) is 19.5 Å². The second-order valence-electron chi connectivity index (χ2n) is 2.13. The fraction of sp³-hybridized carbons (Fsp3) is 0.286. The zero-order valence-electron chi connectivity index (χ0n) is 7.37. The van der Waals surface area contributed by atoms with Crippen LogP contribution in [-0.2, 0) is 0 Å². The number of anilines is 1. The Morgan fingerprint density at radius 1 is 1.62 bits per heavy atom. The number of nitrogens with zero attached hydrogens (tertiary/aromatic N) is 2. The molecule has 0 bridgehead atoms. The number of urea groups is 1. The number of carbonyl (C=O) groups excluding carboxylic acids is 1. The Kier molecular flexibility index (Phi) is 3.02. The van der Waals surface area contributed by atoms with E-state index in [0.29, 0.717) is 5.82 Å². The number of rotatable bonds is 2. The molecule has 6 heteroatoms. The Hall–Kier alpha value is -1.85. The summed E-state index contributed by atoms with van der Waals surface area (Å²) in [6, 6.07) is 1.45. The third kappa shape index (κ3) is 2.58. The van der Waals surface area contributed by atoms with Gasteiger partial charge in [-0.3, -0.25) is 5.32 Å². The molecule has 1 aromatic rings. The average Bonchev–Trinajstić information content (AvgIpc) is 2.18. The molecule has 0 unspecified atom stereocenters. The molecule has 13 heavy (non-hydrogen) atoms. The van der Waals surface area contributed by atoms with Gasteiger partial charge in [-0.1, -0.05) is 0 Å². The maximum Gasteiger partial charge on any atom is 0.320 e. The maximum absolute atomic E-state index is 10.9. The molecule has 0 atom stereocenters. The molecule has 0 aromatic carbocycles. The van der Waals surface area contributed by atoms with Crippen molar-refractivity contribution in [3.63, 3.8) is 0 Å². The van der Waals surface area contributed by atoms with Crippen LogP contribution < -0.4 is 15.4 Å². The first-order valence-electron chi connectivity index (χ1n) is 3.62. The van der Waals surface area contributed by atoms with Crippen molar-refractivity contribution in [3.8, 4) is 6.01 Å². The van der Waals surface area contributed by atoms with E-state index >= 15 is 0 Å². The van der Waals surface area contributed by atoms with E-state index < -0.39 is 0 Å². The monoisotopic (exact) mass is 182 g/mol. The standard InChI is InChI=1S/C7H10N4O2/c1-8-6(12)10-5-3-4-9-7(11-5)13-2/h3-4H,1-2H3,(H2,8,9,10,11,12). The highest BCUT2D eigenvalue weighted by molar-refractivity contribution is 5.87. The number of hydrogen-bond acceptors (Lipinski definition) is 4. The lowest BCUT2D eigenvalue weighted by molar-refractivity contribution is 0.254. The first kappa shape index (κ1) is 9.24. The van der Waals surface area contributed by atoms with E-state index in [4.69, 9.17) is 4.74 Å². The molecule has 2 amide bonds. The summed E-state index contributed by atoms with van der Waals surface area (Å²) in [6.07, 6.45) is 1.50. The van der Waals surface area contributed by atoms with E-state index in [0.717, 1.165) is 0 Å². The zero-order chi connectivity index (χ0) is 9.68. The van der Waals surface area contributed by atoms with Crippen molar-refractivity contribution >= 4 is 11.8 Å². The summed E-state index contributed by atoms with van der Waals surface area (Å²) in [5.74, 6) is 0.395. The van der Waals surface area contributed by atoms with Gasteiger partial charge in [-0.05, 0) is 6.07 Å². The summed E-state index contributed by atoms with van der Waals surface area (Å²) in [5, 5.41) is 4.88. The molecule has 0 fully saturated rings.